The molecule has 192 valence electrons. The standard InChI is InChI=1S/C27H29ClF3N3O2/c28-19-3-4-24-21(12-19)23(6-9-36-24)33-20-11-17-2-1-7-26(17,13-20)25(35)34-8-5-22-16(15-34)10-18(14-32-22)27(29,30)31/h3-4,10,12,14,17,20,23,33H,1-2,5-9,11,13,15H2/t17-,20-,23+,26-/m1/s1. The largest absolute Gasteiger partial charge is 0.493 e. The molecule has 0 unspecified atom stereocenters. The molecule has 0 bridgehead atoms. The molecule has 36 heavy (non-hydrogen) atoms. The van der Waals surface area contributed by atoms with Gasteiger partial charge >= 0.3 is 6.18 Å². The molecule has 0 radical (unpaired) electrons. The average molecular weight is 520 g/mol. The molecule has 4 atom stereocenters. The number of nitrogens with one attached hydrogen (secondary N) is 1. The first-order valence-corrected chi connectivity index (χ1v) is 13.1. The number of benzene rings is 1. The number of ether oxygens (including phenoxy) is 1. The minimum absolute atomic E-state index is 0.104. The van der Waals surface area contributed by atoms with Gasteiger partial charge in [-0.1, -0.05) is 18.0 Å². The minimum atomic E-state index is -4.44. The molecule has 2 aliphatic carbocycles. The highest BCUT2D eigenvalue weighted by molar-refractivity contribution is 6.30. The van der Waals surface area contributed by atoms with Crippen LogP contribution in [0.1, 0.15) is 67.0 Å². The molecule has 2 aromatic rings. The van der Waals surface area contributed by atoms with Crippen LogP contribution in [-0.4, -0.2) is 35.0 Å². The van der Waals surface area contributed by atoms with E-state index in [0.717, 1.165) is 62.1 Å². The molecule has 0 spiro atoms. The summed E-state index contributed by atoms with van der Waals surface area (Å²) in [6, 6.07) is 7.19. The lowest BCUT2D eigenvalue weighted by Crippen LogP contribution is -2.47. The van der Waals surface area contributed by atoms with Gasteiger partial charge in [0.25, 0.3) is 0 Å². The number of nitrogens with zero attached hydrogens (tertiary/aromatic N) is 2. The third kappa shape index (κ3) is 4.16. The van der Waals surface area contributed by atoms with Gasteiger partial charge in [-0.3, -0.25) is 9.78 Å². The van der Waals surface area contributed by atoms with Gasteiger partial charge < -0.3 is 15.0 Å². The summed E-state index contributed by atoms with van der Waals surface area (Å²) in [5.74, 6) is 1.25. The monoisotopic (exact) mass is 519 g/mol. The molecule has 2 saturated carbocycles. The number of alkyl halides is 3. The molecule has 5 nitrogen and oxygen atoms in total. The summed E-state index contributed by atoms with van der Waals surface area (Å²) in [5.41, 5.74) is 1.04. The van der Waals surface area contributed by atoms with Crippen LogP contribution in [0.3, 0.4) is 0 Å². The van der Waals surface area contributed by atoms with E-state index in [4.69, 9.17) is 16.3 Å². The van der Waals surface area contributed by atoms with E-state index in [0.29, 0.717) is 41.8 Å². The summed E-state index contributed by atoms with van der Waals surface area (Å²) in [7, 11) is 0. The Labute approximate surface area is 213 Å². The Bertz CT molecular complexity index is 1190. The first-order chi connectivity index (χ1) is 17.2. The van der Waals surface area contributed by atoms with Gasteiger partial charge in [-0.05, 0) is 61.4 Å². The van der Waals surface area contributed by atoms with Crippen LogP contribution in [0.25, 0.3) is 0 Å². The number of amides is 1. The van der Waals surface area contributed by atoms with Crippen LogP contribution in [0.5, 0.6) is 5.75 Å². The molecule has 2 fully saturated rings. The second-order valence-electron chi connectivity index (χ2n) is 10.7. The van der Waals surface area contributed by atoms with E-state index in [1.807, 2.05) is 18.2 Å². The van der Waals surface area contributed by atoms with Crippen molar-refractivity contribution >= 4 is 17.5 Å². The van der Waals surface area contributed by atoms with Crippen LogP contribution >= 0.6 is 11.6 Å². The molecule has 3 heterocycles. The number of carbonyl (C=O) groups excluding carboxylic acids is 1. The molecule has 9 heteroatoms. The van der Waals surface area contributed by atoms with Gasteiger partial charge in [0.2, 0.25) is 5.91 Å². The van der Waals surface area contributed by atoms with E-state index in [1.165, 1.54) is 0 Å². The fourth-order valence-corrected chi connectivity index (χ4v) is 7.19. The Morgan fingerprint density at radius 3 is 2.94 bits per heavy atom. The summed E-state index contributed by atoms with van der Waals surface area (Å²) in [6.07, 6.45) is 2.35. The summed E-state index contributed by atoms with van der Waals surface area (Å²) >= 11 is 6.26. The zero-order valence-electron chi connectivity index (χ0n) is 19.9. The van der Waals surface area contributed by atoms with Crippen LogP contribution in [-0.2, 0) is 23.9 Å². The lowest BCUT2D eigenvalue weighted by atomic mass is 9.78. The van der Waals surface area contributed by atoms with Gasteiger partial charge in [-0.25, -0.2) is 0 Å². The van der Waals surface area contributed by atoms with Crippen LogP contribution in [0.2, 0.25) is 5.02 Å². The summed E-state index contributed by atoms with van der Waals surface area (Å²) in [4.78, 5) is 19.8. The maximum Gasteiger partial charge on any atom is 0.417 e. The molecule has 2 aliphatic heterocycles. The second-order valence-corrected chi connectivity index (χ2v) is 11.2. The summed E-state index contributed by atoms with van der Waals surface area (Å²) < 4.78 is 45.5. The smallest absolute Gasteiger partial charge is 0.417 e. The van der Waals surface area contributed by atoms with Crippen LogP contribution in [0.4, 0.5) is 13.2 Å². The normalized spacial score (nSPS) is 29.3. The average Bonchev–Trinajstić information content (AvgIpc) is 3.40. The Kier molecular flexibility index (Phi) is 5.95. The Morgan fingerprint density at radius 2 is 2.11 bits per heavy atom. The maximum absolute atomic E-state index is 14.0. The van der Waals surface area contributed by atoms with Crippen LogP contribution < -0.4 is 10.1 Å². The van der Waals surface area contributed by atoms with Crippen molar-refractivity contribution in [3.05, 3.63) is 57.9 Å². The highest BCUT2D eigenvalue weighted by Crippen LogP contribution is 2.56. The summed E-state index contributed by atoms with van der Waals surface area (Å²) in [6.45, 7) is 1.33. The minimum Gasteiger partial charge on any atom is -0.493 e. The molecular formula is C27H29ClF3N3O2. The Balaban J connectivity index is 1.20. The van der Waals surface area contributed by atoms with Crippen molar-refractivity contribution in [2.75, 3.05) is 13.2 Å². The van der Waals surface area contributed by atoms with Gasteiger partial charge in [0.15, 0.2) is 0 Å². The number of hydrogen-bond acceptors (Lipinski definition) is 4. The highest BCUT2D eigenvalue weighted by Gasteiger charge is 2.56. The van der Waals surface area contributed by atoms with Gasteiger partial charge in [0, 0.05) is 60.5 Å². The van der Waals surface area contributed by atoms with E-state index in [9.17, 15) is 18.0 Å². The van der Waals surface area contributed by atoms with Crippen molar-refractivity contribution < 1.29 is 22.7 Å². The fourth-order valence-electron chi connectivity index (χ4n) is 7.01. The fraction of sp³-hybridized carbons (Fsp3) is 0.556. The van der Waals surface area contributed by atoms with Crippen molar-refractivity contribution in [2.24, 2.45) is 11.3 Å². The molecular weight excluding hydrogens is 491 g/mol. The van der Waals surface area contributed by atoms with Gasteiger partial charge in [0.1, 0.15) is 5.75 Å². The van der Waals surface area contributed by atoms with E-state index in [-0.39, 0.29) is 24.5 Å². The van der Waals surface area contributed by atoms with Crippen molar-refractivity contribution in [3.63, 3.8) is 0 Å². The molecule has 1 aromatic carbocycles. The number of halogens is 4. The van der Waals surface area contributed by atoms with Crippen LogP contribution in [0, 0.1) is 11.3 Å². The van der Waals surface area contributed by atoms with Crippen LogP contribution in [0.15, 0.2) is 30.5 Å². The lowest BCUT2D eigenvalue weighted by Gasteiger charge is -2.37. The molecule has 1 aromatic heterocycles. The number of carbonyl (C=O) groups is 1. The first-order valence-electron chi connectivity index (χ1n) is 12.8. The second kappa shape index (κ2) is 8.91. The van der Waals surface area contributed by atoms with Gasteiger partial charge in [-0.15, -0.1) is 0 Å². The third-order valence-corrected chi connectivity index (χ3v) is 8.90. The molecule has 1 N–H and O–H groups in total. The van der Waals surface area contributed by atoms with E-state index in [2.05, 4.69) is 10.3 Å². The van der Waals surface area contributed by atoms with Crippen molar-refractivity contribution in [2.45, 2.75) is 69.8 Å². The van der Waals surface area contributed by atoms with Crippen molar-refractivity contribution in [1.82, 2.24) is 15.2 Å². The van der Waals surface area contributed by atoms with Crippen molar-refractivity contribution in [3.8, 4) is 5.75 Å². The zero-order chi connectivity index (χ0) is 25.1. The third-order valence-electron chi connectivity index (χ3n) is 8.66. The number of hydrogen-bond donors (Lipinski definition) is 1. The highest BCUT2D eigenvalue weighted by atomic mass is 35.5. The van der Waals surface area contributed by atoms with Crippen molar-refractivity contribution in [1.29, 1.82) is 0 Å². The van der Waals surface area contributed by atoms with E-state index in [1.54, 1.807) is 4.90 Å². The van der Waals surface area contributed by atoms with Gasteiger partial charge in [0.05, 0.1) is 17.6 Å². The number of aromatic nitrogens is 1. The predicted octanol–water partition coefficient (Wildman–Crippen LogP) is 5.70. The first kappa shape index (κ1) is 24.0. The van der Waals surface area contributed by atoms with E-state index < -0.39 is 17.2 Å². The molecule has 1 amide bonds. The number of fused-ring (bicyclic) bond motifs is 3. The topological polar surface area (TPSA) is 54.5 Å². The number of pyridine rings is 1. The SMILES string of the molecule is O=C(N1CCc2ncc(C(F)(F)F)cc2C1)[C@@]12CCC[C@@H]1C[C@@H](N[C@H]1CCOc3ccc(Cl)cc31)C2. The molecule has 0 saturated heterocycles. The Morgan fingerprint density at radius 1 is 1.25 bits per heavy atom. The Hall–Kier alpha value is -2.32. The van der Waals surface area contributed by atoms with Gasteiger partial charge in [-0.2, -0.15) is 13.2 Å². The number of rotatable bonds is 3. The zero-order valence-corrected chi connectivity index (χ0v) is 20.7. The maximum atomic E-state index is 14.0. The molecule has 6 rings (SSSR count). The lowest BCUT2D eigenvalue weighted by molar-refractivity contribution is -0.144. The van der Waals surface area contributed by atoms with E-state index >= 15 is 0 Å². The quantitative estimate of drug-likeness (QED) is 0.565. The summed E-state index contributed by atoms with van der Waals surface area (Å²) in [5, 5.41) is 4.48. The molecule has 4 aliphatic rings. The predicted molar refractivity (Wildman–Crippen MR) is 129 cm³/mol.